The largest absolute Gasteiger partial charge is 0.341 e. The summed E-state index contributed by atoms with van der Waals surface area (Å²) in [5.41, 5.74) is 1.19. The first-order valence-electron chi connectivity index (χ1n) is 7.78. The molecule has 0 unspecified atom stereocenters. The van der Waals surface area contributed by atoms with E-state index in [1.807, 2.05) is 24.3 Å². The van der Waals surface area contributed by atoms with Crippen LogP contribution in [0.15, 0.2) is 41.1 Å². The van der Waals surface area contributed by atoms with E-state index in [-0.39, 0.29) is 5.91 Å². The topological polar surface area (TPSA) is 58.1 Å². The Balaban J connectivity index is 2.05. The van der Waals surface area contributed by atoms with Gasteiger partial charge in [-0.05, 0) is 37.1 Å². The standard InChI is InChI=1S/C17H21BrN4O/c1-3-9-22(10-4-2)17-19-11-13(12-20-17)16(23)21-15-7-5-14(18)6-8-15/h5-8,11-12H,3-4,9-10H2,1-2H3,(H,21,23). The van der Waals surface area contributed by atoms with Crippen molar-refractivity contribution in [2.75, 3.05) is 23.3 Å². The highest BCUT2D eigenvalue weighted by atomic mass is 79.9. The van der Waals surface area contributed by atoms with Crippen LogP contribution in [-0.2, 0) is 0 Å². The van der Waals surface area contributed by atoms with Crippen LogP contribution in [0.1, 0.15) is 37.0 Å². The molecular formula is C17H21BrN4O. The number of nitrogens with one attached hydrogen (secondary N) is 1. The maximum absolute atomic E-state index is 12.2. The van der Waals surface area contributed by atoms with Crippen LogP contribution in [0.2, 0.25) is 0 Å². The number of benzene rings is 1. The Labute approximate surface area is 145 Å². The first-order valence-corrected chi connectivity index (χ1v) is 8.57. The second-order valence-corrected chi connectivity index (χ2v) is 6.14. The van der Waals surface area contributed by atoms with Gasteiger partial charge in [-0.2, -0.15) is 0 Å². The van der Waals surface area contributed by atoms with Gasteiger partial charge in [0.2, 0.25) is 5.95 Å². The van der Waals surface area contributed by atoms with Crippen molar-refractivity contribution in [1.29, 1.82) is 0 Å². The fraction of sp³-hybridized carbons (Fsp3) is 0.353. The van der Waals surface area contributed by atoms with Crippen LogP contribution >= 0.6 is 15.9 Å². The maximum atomic E-state index is 12.2. The summed E-state index contributed by atoms with van der Waals surface area (Å²) in [5.74, 6) is 0.463. The van der Waals surface area contributed by atoms with Gasteiger partial charge in [0.15, 0.2) is 0 Å². The molecule has 0 atom stereocenters. The Bertz CT molecular complexity index is 622. The molecular weight excluding hydrogens is 356 g/mol. The number of halogens is 1. The predicted molar refractivity (Wildman–Crippen MR) is 96.9 cm³/mol. The van der Waals surface area contributed by atoms with Crippen LogP contribution in [0.5, 0.6) is 0 Å². The van der Waals surface area contributed by atoms with Gasteiger partial charge in [-0.25, -0.2) is 9.97 Å². The van der Waals surface area contributed by atoms with E-state index >= 15 is 0 Å². The molecule has 0 aliphatic heterocycles. The van der Waals surface area contributed by atoms with Crippen molar-refractivity contribution in [2.24, 2.45) is 0 Å². The van der Waals surface area contributed by atoms with E-state index in [1.165, 1.54) is 0 Å². The molecule has 5 nitrogen and oxygen atoms in total. The Kier molecular flexibility index (Phi) is 6.52. The van der Waals surface area contributed by atoms with E-state index in [0.717, 1.165) is 36.1 Å². The first-order chi connectivity index (χ1) is 11.1. The Morgan fingerprint density at radius 3 is 2.17 bits per heavy atom. The summed E-state index contributed by atoms with van der Waals surface area (Å²) in [6, 6.07) is 7.42. The molecule has 1 aromatic heterocycles. The average molecular weight is 377 g/mol. The zero-order valence-corrected chi connectivity index (χ0v) is 15.0. The van der Waals surface area contributed by atoms with Gasteiger partial charge in [0, 0.05) is 35.6 Å². The molecule has 0 bridgehead atoms. The fourth-order valence-electron chi connectivity index (χ4n) is 2.19. The summed E-state index contributed by atoms with van der Waals surface area (Å²) >= 11 is 3.37. The molecule has 0 saturated carbocycles. The number of anilines is 2. The molecule has 0 aliphatic carbocycles. The van der Waals surface area contributed by atoms with Crippen molar-refractivity contribution >= 4 is 33.5 Å². The van der Waals surface area contributed by atoms with E-state index in [0.29, 0.717) is 11.5 Å². The van der Waals surface area contributed by atoms with Crippen LogP contribution in [0.25, 0.3) is 0 Å². The van der Waals surface area contributed by atoms with Crippen LogP contribution < -0.4 is 10.2 Å². The molecule has 0 radical (unpaired) electrons. The molecule has 2 rings (SSSR count). The number of carbonyl (C=O) groups excluding carboxylic acids is 1. The third kappa shape index (κ3) is 5.03. The highest BCUT2D eigenvalue weighted by Gasteiger charge is 2.11. The number of nitrogens with zero attached hydrogens (tertiary/aromatic N) is 3. The smallest absolute Gasteiger partial charge is 0.258 e. The summed E-state index contributed by atoms with van der Waals surface area (Å²) in [7, 11) is 0. The number of rotatable bonds is 7. The number of amides is 1. The zero-order valence-electron chi connectivity index (χ0n) is 13.4. The third-order valence-corrected chi connectivity index (χ3v) is 3.80. The lowest BCUT2D eigenvalue weighted by Gasteiger charge is -2.21. The molecule has 1 N–H and O–H groups in total. The van der Waals surface area contributed by atoms with Gasteiger partial charge in [-0.15, -0.1) is 0 Å². The number of hydrogen-bond acceptors (Lipinski definition) is 4. The molecule has 2 aromatic rings. The summed E-state index contributed by atoms with van der Waals surface area (Å²) < 4.78 is 0.968. The van der Waals surface area contributed by atoms with Gasteiger partial charge in [0.05, 0.1) is 5.56 Å². The minimum absolute atomic E-state index is 0.212. The van der Waals surface area contributed by atoms with Crippen LogP contribution in [0.3, 0.4) is 0 Å². The molecule has 6 heteroatoms. The SMILES string of the molecule is CCCN(CCC)c1ncc(C(=O)Nc2ccc(Br)cc2)cn1. The highest BCUT2D eigenvalue weighted by molar-refractivity contribution is 9.10. The predicted octanol–water partition coefficient (Wildman–Crippen LogP) is 4.12. The van der Waals surface area contributed by atoms with Gasteiger partial charge in [-0.3, -0.25) is 4.79 Å². The highest BCUT2D eigenvalue weighted by Crippen LogP contribution is 2.15. The van der Waals surface area contributed by atoms with Gasteiger partial charge >= 0.3 is 0 Å². The van der Waals surface area contributed by atoms with Crippen molar-refractivity contribution in [3.8, 4) is 0 Å². The lowest BCUT2D eigenvalue weighted by molar-refractivity contribution is 0.102. The van der Waals surface area contributed by atoms with Gasteiger partial charge in [-0.1, -0.05) is 29.8 Å². The molecule has 1 heterocycles. The Hall–Kier alpha value is -1.95. The van der Waals surface area contributed by atoms with E-state index in [2.05, 4.69) is 50.0 Å². The van der Waals surface area contributed by atoms with E-state index in [4.69, 9.17) is 0 Å². The minimum Gasteiger partial charge on any atom is -0.341 e. The van der Waals surface area contributed by atoms with Crippen molar-refractivity contribution in [3.63, 3.8) is 0 Å². The second kappa shape index (κ2) is 8.62. The molecule has 0 spiro atoms. The second-order valence-electron chi connectivity index (χ2n) is 5.22. The van der Waals surface area contributed by atoms with E-state index < -0.39 is 0 Å². The number of aromatic nitrogens is 2. The van der Waals surface area contributed by atoms with E-state index in [9.17, 15) is 4.79 Å². The third-order valence-electron chi connectivity index (χ3n) is 3.27. The van der Waals surface area contributed by atoms with Crippen molar-refractivity contribution in [1.82, 2.24) is 9.97 Å². The number of carbonyl (C=O) groups is 1. The summed E-state index contributed by atoms with van der Waals surface area (Å²) in [5, 5.41) is 2.83. The average Bonchev–Trinajstić information content (AvgIpc) is 2.57. The molecule has 1 amide bonds. The van der Waals surface area contributed by atoms with Gasteiger partial charge in [0.25, 0.3) is 5.91 Å². The van der Waals surface area contributed by atoms with Crippen molar-refractivity contribution in [2.45, 2.75) is 26.7 Å². The Morgan fingerprint density at radius 2 is 1.65 bits per heavy atom. The van der Waals surface area contributed by atoms with Gasteiger partial charge < -0.3 is 10.2 Å². The summed E-state index contributed by atoms with van der Waals surface area (Å²) in [6.07, 6.45) is 5.23. The van der Waals surface area contributed by atoms with E-state index in [1.54, 1.807) is 12.4 Å². The molecule has 1 aromatic carbocycles. The lowest BCUT2D eigenvalue weighted by Crippen LogP contribution is -2.27. The van der Waals surface area contributed by atoms with Gasteiger partial charge in [0.1, 0.15) is 0 Å². The molecule has 0 saturated heterocycles. The maximum Gasteiger partial charge on any atom is 0.258 e. The normalized spacial score (nSPS) is 10.4. The fourth-order valence-corrected chi connectivity index (χ4v) is 2.45. The minimum atomic E-state index is -0.212. The summed E-state index contributed by atoms with van der Waals surface area (Å²) in [6.45, 7) is 6.09. The molecule has 0 fully saturated rings. The van der Waals surface area contributed by atoms with Crippen LogP contribution in [0.4, 0.5) is 11.6 Å². The Morgan fingerprint density at radius 1 is 1.09 bits per heavy atom. The summed E-state index contributed by atoms with van der Waals surface area (Å²) in [4.78, 5) is 23.0. The first kappa shape index (κ1) is 17.4. The van der Waals surface area contributed by atoms with Crippen molar-refractivity contribution < 1.29 is 4.79 Å². The van der Waals surface area contributed by atoms with Crippen molar-refractivity contribution in [3.05, 3.63) is 46.7 Å². The lowest BCUT2D eigenvalue weighted by atomic mass is 10.3. The molecule has 0 aliphatic rings. The quantitative estimate of drug-likeness (QED) is 0.789. The zero-order chi connectivity index (χ0) is 16.7. The monoisotopic (exact) mass is 376 g/mol. The van der Waals surface area contributed by atoms with Crippen LogP contribution in [-0.4, -0.2) is 29.0 Å². The molecule has 122 valence electrons. The molecule has 23 heavy (non-hydrogen) atoms. The number of hydrogen-bond donors (Lipinski definition) is 1. The van der Waals surface area contributed by atoms with Crippen LogP contribution in [0, 0.1) is 0 Å².